The molecule has 1 aliphatic rings. The van der Waals surface area contributed by atoms with Crippen molar-refractivity contribution in [3.63, 3.8) is 0 Å². The standard InChI is InChI=1S/C10H12N5O4P/c11-10-13-8-7(9(16)14-10)12-4-15(8)2-5-1-6(5)3-20(17,18)19/h3-5H,1-2H2,(H2,17,18,19)(H3,11,13,14,16)/b6-3-. The number of aromatic amines is 1. The van der Waals surface area contributed by atoms with Crippen LogP contribution in [0.4, 0.5) is 5.95 Å². The molecule has 0 bridgehead atoms. The topological polar surface area (TPSA) is 147 Å². The molecule has 10 heteroatoms. The minimum Gasteiger partial charge on any atom is -0.369 e. The molecule has 2 aromatic rings. The number of fused-ring (bicyclic) bond motifs is 1. The number of allylic oxidation sites excluding steroid dienone is 1. The number of imidazole rings is 1. The number of hydrogen-bond acceptors (Lipinski definition) is 5. The predicted octanol–water partition coefficient (Wildman–Crippen LogP) is -0.217. The van der Waals surface area contributed by atoms with Crippen LogP contribution in [0.15, 0.2) is 22.5 Å². The fourth-order valence-corrected chi connectivity index (χ4v) is 2.87. The first-order chi connectivity index (χ1) is 9.33. The molecular formula is C10H12N5O4P. The summed E-state index contributed by atoms with van der Waals surface area (Å²) in [5, 5.41) is 0. The van der Waals surface area contributed by atoms with Crippen molar-refractivity contribution in [3.8, 4) is 0 Å². The van der Waals surface area contributed by atoms with Crippen molar-refractivity contribution in [2.45, 2.75) is 13.0 Å². The van der Waals surface area contributed by atoms with E-state index in [0.717, 1.165) is 5.82 Å². The van der Waals surface area contributed by atoms with E-state index >= 15 is 0 Å². The molecule has 0 spiro atoms. The molecule has 0 radical (unpaired) electrons. The van der Waals surface area contributed by atoms with Crippen molar-refractivity contribution < 1.29 is 14.4 Å². The van der Waals surface area contributed by atoms with Crippen LogP contribution >= 0.6 is 7.60 Å². The van der Waals surface area contributed by atoms with Gasteiger partial charge in [0.2, 0.25) is 5.95 Å². The van der Waals surface area contributed by atoms with Gasteiger partial charge in [0.1, 0.15) is 0 Å². The third-order valence-corrected chi connectivity index (χ3v) is 3.76. The van der Waals surface area contributed by atoms with Crippen LogP contribution in [0.25, 0.3) is 11.2 Å². The highest BCUT2D eigenvalue weighted by Crippen LogP contribution is 2.48. The van der Waals surface area contributed by atoms with Crippen LogP contribution in [-0.4, -0.2) is 29.3 Å². The van der Waals surface area contributed by atoms with E-state index < -0.39 is 13.2 Å². The molecule has 1 aliphatic carbocycles. The Morgan fingerprint density at radius 1 is 1.60 bits per heavy atom. The average Bonchev–Trinajstić information content (AvgIpc) is 2.85. The fraction of sp³-hybridized carbons (Fsp3) is 0.300. The zero-order valence-electron chi connectivity index (χ0n) is 10.2. The second-order valence-electron chi connectivity index (χ2n) is 4.71. The summed E-state index contributed by atoms with van der Waals surface area (Å²) in [6.07, 6.45) is 2.09. The Hall–Kier alpha value is -1.96. The predicted molar refractivity (Wildman–Crippen MR) is 70.8 cm³/mol. The maximum Gasteiger partial charge on any atom is 0.349 e. The molecule has 2 aromatic heterocycles. The van der Waals surface area contributed by atoms with E-state index in [4.69, 9.17) is 15.5 Å². The number of nitrogens with two attached hydrogens (primary N) is 1. The molecule has 0 aromatic carbocycles. The zero-order chi connectivity index (χ0) is 14.5. The Bertz CT molecular complexity index is 817. The Labute approximate surface area is 112 Å². The number of nitrogens with one attached hydrogen (secondary N) is 1. The van der Waals surface area contributed by atoms with E-state index in [0.29, 0.717) is 24.2 Å². The molecule has 0 aliphatic heterocycles. The molecule has 106 valence electrons. The van der Waals surface area contributed by atoms with Crippen LogP contribution in [0, 0.1) is 5.92 Å². The smallest absolute Gasteiger partial charge is 0.349 e. The minimum atomic E-state index is -4.13. The van der Waals surface area contributed by atoms with Gasteiger partial charge in [-0.2, -0.15) is 4.98 Å². The first kappa shape index (κ1) is 13.0. The molecule has 9 nitrogen and oxygen atoms in total. The van der Waals surface area contributed by atoms with E-state index in [9.17, 15) is 9.36 Å². The molecule has 1 saturated carbocycles. The van der Waals surface area contributed by atoms with Crippen molar-refractivity contribution in [1.29, 1.82) is 0 Å². The number of hydrogen-bond donors (Lipinski definition) is 4. The highest BCUT2D eigenvalue weighted by atomic mass is 31.2. The largest absolute Gasteiger partial charge is 0.369 e. The van der Waals surface area contributed by atoms with Gasteiger partial charge in [-0.15, -0.1) is 0 Å². The lowest BCUT2D eigenvalue weighted by atomic mass is 10.4. The van der Waals surface area contributed by atoms with Gasteiger partial charge in [-0.3, -0.25) is 14.3 Å². The molecule has 0 saturated heterocycles. The van der Waals surface area contributed by atoms with Crippen molar-refractivity contribution >= 4 is 24.7 Å². The van der Waals surface area contributed by atoms with Crippen LogP contribution in [0.1, 0.15) is 6.42 Å². The zero-order valence-corrected chi connectivity index (χ0v) is 11.1. The van der Waals surface area contributed by atoms with Gasteiger partial charge in [0.15, 0.2) is 11.2 Å². The lowest BCUT2D eigenvalue weighted by molar-refractivity contribution is 0.386. The van der Waals surface area contributed by atoms with E-state index in [2.05, 4.69) is 15.0 Å². The van der Waals surface area contributed by atoms with Gasteiger partial charge in [-0.05, 0) is 6.42 Å². The molecule has 5 N–H and O–H groups in total. The first-order valence-electron chi connectivity index (χ1n) is 5.81. The summed E-state index contributed by atoms with van der Waals surface area (Å²) >= 11 is 0. The Balaban J connectivity index is 1.89. The Kier molecular flexibility index (Phi) is 2.79. The Morgan fingerprint density at radius 3 is 3.05 bits per heavy atom. The summed E-state index contributed by atoms with van der Waals surface area (Å²) in [7, 11) is -4.13. The summed E-state index contributed by atoms with van der Waals surface area (Å²) in [5.74, 6) is 1.03. The summed E-state index contributed by atoms with van der Waals surface area (Å²) < 4.78 is 12.5. The van der Waals surface area contributed by atoms with Crippen molar-refractivity contribution in [2.24, 2.45) is 5.92 Å². The number of aromatic nitrogens is 4. The maximum atomic E-state index is 11.6. The average molecular weight is 297 g/mol. The highest BCUT2D eigenvalue weighted by molar-refractivity contribution is 7.55. The van der Waals surface area contributed by atoms with E-state index in [1.54, 1.807) is 4.57 Å². The van der Waals surface area contributed by atoms with Crippen molar-refractivity contribution in [2.75, 3.05) is 5.73 Å². The molecule has 0 amide bonds. The second-order valence-corrected chi connectivity index (χ2v) is 6.15. The third kappa shape index (κ3) is 2.51. The van der Waals surface area contributed by atoms with Crippen LogP contribution in [0.5, 0.6) is 0 Å². The molecule has 1 atom stereocenters. The third-order valence-electron chi connectivity index (χ3n) is 3.09. The summed E-state index contributed by atoms with van der Waals surface area (Å²) in [4.78, 5) is 39.7. The summed E-state index contributed by atoms with van der Waals surface area (Å²) in [6.45, 7) is 0.457. The van der Waals surface area contributed by atoms with Crippen LogP contribution in [0.3, 0.4) is 0 Å². The number of nitrogen functional groups attached to an aromatic ring is 1. The van der Waals surface area contributed by atoms with Crippen LogP contribution in [-0.2, 0) is 11.1 Å². The maximum absolute atomic E-state index is 11.6. The number of anilines is 1. The summed E-state index contributed by atoms with van der Waals surface area (Å²) in [6, 6.07) is 0. The first-order valence-corrected chi connectivity index (χ1v) is 7.49. The highest BCUT2D eigenvalue weighted by Gasteiger charge is 2.33. The minimum absolute atomic E-state index is 0.00558. The van der Waals surface area contributed by atoms with Gasteiger partial charge in [0.05, 0.1) is 6.33 Å². The quantitative estimate of drug-likeness (QED) is 0.572. The molecule has 1 fully saturated rings. The van der Waals surface area contributed by atoms with E-state index in [1.807, 2.05) is 0 Å². The number of rotatable bonds is 3. The van der Waals surface area contributed by atoms with E-state index in [1.165, 1.54) is 6.33 Å². The van der Waals surface area contributed by atoms with Crippen LogP contribution < -0.4 is 11.3 Å². The second kappa shape index (κ2) is 4.27. The van der Waals surface area contributed by atoms with Crippen molar-refractivity contribution in [1.82, 2.24) is 19.5 Å². The van der Waals surface area contributed by atoms with Crippen molar-refractivity contribution in [3.05, 3.63) is 28.1 Å². The molecule has 2 heterocycles. The summed E-state index contributed by atoms with van der Waals surface area (Å²) in [5.41, 5.74) is 6.35. The fourth-order valence-electron chi connectivity index (χ4n) is 2.12. The van der Waals surface area contributed by atoms with Gasteiger partial charge in [-0.25, -0.2) is 4.98 Å². The Morgan fingerprint density at radius 2 is 2.35 bits per heavy atom. The van der Waals surface area contributed by atoms with Gasteiger partial charge in [0, 0.05) is 18.3 Å². The lowest BCUT2D eigenvalue weighted by Crippen LogP contribution is -2.12. The van der Waals surface area contributed by atoms with E-state index in [-0.39, 0.29) is 17.4 Å². The van der Waals surface area contributed by atoms with Gasteiger partial charge < -0.3 is 20.1 Å². The van der Waals surface area contributed by atoms with Gasteiger partial charge in [-0.1, -0.05) is 5.57 Å². The normalized spacial score (nSPS) is 20.7. The van der Waals surface area contributed by atoms with Crippen LogP contribution in [0.2, 0.25) is 0 Å². The number of H-pyrrole nitrogens is 1. The monoisotopic (exact) mass is 297 g/mol. The lowest BCUT2D eigenvalue weighted by Gasteiger charge is -2.01. The SMILES string of the molecule is Nc1nc2c(ncn2CC2C/C2=C/P(=O)(O)O)c(=O)[nH]1. The van der Waals surface area contributed by atoms with Gasteiger partial charge >= 0.3 is 7.60 Å². The number of nitrogens with zero attached hydrogens (tertiary/aromatic N) is 3. The van der Waals surface area contributed by atoms with Gasteiger partial charge in [0.25, 0.3) is 5.56 Å². The molecule has 3 rings (SSSR count). The molecular weight excluding hydrogens is 285 g/mol. The molecule has 1 unspecified atom stereocenters. The molecule has 20 heavy (non-hydrogen) atoms.